The van der Waals surface area contributed by atoms with Crippen molar-refractivity contribution < 1.29 is 14.6 Å². The summed E-state index contributed by atoms with van der Waals surface area (Å²) < 4.78 is 12.1. The van der Waals surface area contributed by atoms with Gasteiger partial charge in [0.2, 0.25) is 0 Å². The van der Waals surface area contributed by atoms with Crippen LogP contribution in [0.5, 0.6) is 5.75 Å². The van der Waals surface area contributed by atoms with Gasteiger partial charge < -0.3 is 14.6 Å². The molecule has 1 fully saturated rings. The van der Waals surface area contributed by atoms with E-state index in [-0.39, 0.29) is 18.2 Å². The quantitative estimate of drug-likeness (QED) is 0.543. The molecule has 3 aromatic carbocycles. The second kappa shape index (κ2) is 10.0. The van der Waals surface area contributed by atoms with Crippen LogP contribution < -0.4 is 4.74 Å². The van der Waals surface area contributed by atoms with Crippen molar-refractivity contribution in [1.82, 2.24) is 4.90 Å². The lowest BCUT2D eigenvalue weighted by Crippen LogP contribution is -2.52. The van der Waals surface area contributed by atoms with E-state index >= 15 is 0 Å². The van der Waals surface area contributed by atoms with Crippen LogP contribution >= 0.6 is 0 Å². The minimum Gasteiger partial charge on any atom is -0.491 e. The molecular weight excluding hydrogens is 398 g/mol. The summed E-state index contributed by atoms with van der Waals surface area (Å²) in [4.78, 5) is 2.54. The van der Waals surface area contributed by atoms with Crippen LogP contribution in [0, 0.1) is 0 Å². The Kier molecular flexibility index (Phi) is 7.14. The Hall–Kier alpha value is -2.40. The van der Waals surface area contributed by atoms with E-state index in [1.54, 1.807) is 0 Å². The van der Waals surface area contributed by atoms with E-state index in [1.807, 2.05) is 12.1 Å². The summed E-state index contributed by atoms with van der Waals surface area (Å²) in [6, 6.07) is 23.4. The standard InChI is InChI=1S/C28H35NO3/c1-28(2,3)29-15-14-26(23-10-12-25(13-11-23)31-17-16-30)27(19-29)32-20-21-8-9-22-6-4-5-7-24(22)18-21/h4-13,18,26-27,30H,14-17,19-20H2,1-3H3. The summed E-state index contributed by atoms with van der Waals surface area (Å²) >= 11 is 0. The Labute approximate surface area is 191 Å². The van der Waals surface area contributed by atoms with Crippen molar-refractivity contribution >= 4 is 10.8 Å². The molecule has 32 heavy (non-hydrogen) atoms. The highest BCUT2D eigenvalue weighted by Gasteiger charge is 2.35. The van der Waals surface area contributed by atoms with Gasteiger partial charge in [0.1, 0.15) is 12.4 Å². The molecule has 1 aliphatic heterocycles. The van der Waals surface area contributed by atoms with Crippen LogP contribution in [0.2, 0.25) is 0 Å². The van der Waals surface area contributed by atoms with Crippen molar-refractivity contribution in [3.8, 4) is 5.75 Å². The van der Waals surface area contributed by atoms with Crippen LogP contribution in [0.1, 0.15) is 44.2 Å². The Bertz CT molecular complexity index is 1010. The highest BCUT2D eigenvalue weighted by molar-refractivity contribution is 5.82. The topological polar surface area (TPSA) is 41.9 Å². The fraction of sp³-hybridized carbons (Fsp3) is 0.429. The van der Waals surface area contributed by atoms with Crippen molar-refractivity contribution in [2.24, 2.45) is 0 Å². The molecule has 4 nitrogen and oxygen atoms in total. The molecule has 4 rings (SSSR count). The number of rotatable bonds is 7. The van der Waals surface area contributed by atoms with Gasteiger partial charge in [0.25, 0.3) is 0 Å². The molecule has 0 radical (unpaired) electrons. The van der Waals surface area contributed by atoms with Gasteiger partial charge in [-0.1, -0.05) is 48.5 Å². The minimum absolute atomic E-state index is 0.0255. The van der Waals surface area contributed by atoms with Crippen LogP contribution in [-0.2, 0) is 11.3 Å². The summed E-state index contributed by atoms with van der Waals surface area (Å²) in [5.41, 5.74) is 2.62. The van der Waals surface area contributed by atoms with Crippen molar-refractivity contribution in [2.45, 2.75) is 51.4 Å². The Balaban J connectivity index is 1.50. The van der Waals surface area contributed by atoms with Gasteiger partial charge in [-0.05, 0) is 73.8 Å². The molecule has 0 spiro atoms. The number of aliphatic hydroxyl groups excluding tert-OH is 1. The van der Waals surface area contributed by atoms with Crippen LogP contribution in [0.4, 0.5) is 0 Å². The van der Waals surface area contributed by atoms with E-state index in [2.05, 4.69) is 80.3 Å². The van der Waals surface area contributed by atoms with E-state index in [4.69, 9.17) is 14.6 Å². The van der Waals surface area contributed by atoms with Crippen LogP contribution in [-0.4, -0.2) is 48.0 Å². The van der Waals surface area contributed by atoms with Gasteiger partial charge in [-0.3, -0.25) is 4.90 Å². The molecule has 0 aliphatic carbocycles. The first-order valence-corrected chi connectivity index (χ1v) is 11.6. The molecule has 2 atom stereocenters. The van der Waals surface area contributed by atoms with Crippen molar-refractivity contribution in [1.29, 1.82) is 0 Å². The number of aliphatic hydroxyl groups is 1. The maximum absolute atomic E-state index is 8.98. The smallest absolute Gasteiger partial charge is 0.119 e. The number of nitrogens with zero attached hydrogens (tertiary/aromatic N) is 1. The van der Waals surface area contributed by atoms with E-state index in [0.29, 0.717) is 19.1 Å². The van der Waals surface area contributed by atoms with E-state index < -0.39 is 0 Å². The van der Waals surface area contributed by atoms with Gasteiger partial charge in [-0.15, -0.1) is 0 Å². The zero-order valence-corrected chi connectivity index (χ0v) is 19.5. The molecular formula is C28H35NO3. The summed E-state index contributed by atoms with van der Waals surface area (Å²) in [7, 11) is 0. The summed E-state index contributed by atoms with van der Waals surface area (Å²) in [5.74, 6) is 1.14. The number of hydrogen-bond acceptors (Lipinski definition) is 4. The van der Waals surface area contributed by atoms with Gasteiger partial charge >= 0.3 is 0 Å². The van der Waals surface area contributed by atoms with Gasteiger partial charge in [0.15, 0.2) is 0 Å². The molecule has 1 aliphatic rings. The lowest BCUT2D eigenvalue weighted by Gasteiger charge is -2.45. The molecule has 4 heteroatoms. The number of benzene rings is 3. The zero-order chi connectivity index (χ0) is 22.6. The molecule has 0 bridgehead atoms. The van der Waals surface area contributed by atoms with Gasteiger partial charge in [-0.25, -0.2) is 0 Å². The molecule has 3 aromatic rings. The Morgan fingerprint density at radius 3 is 2.44 bits per heavy atom. The van der Waals surface area contributed by atoms with E-state index in [9.17, 15) is 0 Å². The molecule has 0 amide bonds. The maximum atomic E-state index is 8.98. The first kappa shape index (κ1) is 22.8. The lowest BCUT2D eigenvalue weighted by atomic mass is 9.85. The normalized spacial score (nSPS) is 19.9. The SMILES string of the molecule is CC(C)(C)N1CCC(c2ccc(OCCO)cc2)C(OCc2ccc3ccccc3c2)C1. The van der Waals surface area contributed by atoms with Crippen LogP contribution in [0.3, 0.4) is 0 Å². The summed E-state index contributed by atoms with van der Waals surface area (Å²) in [5, 5.41) is 11.5. The van der Waals surface area contributed by atoms with E-state index in [1.165, 1.54) is 21.9 Å². The number of ether oxygens (including phenoxy) is 2. The van der Waals surface area contributed by atoms with Crippen LogP contribution in [0.25, 0.3) is 10.8 Å². The van der Waals surface area contributed by atoms with Gasteiger partial charge in [-0.2, -0.15) is 0 Å². The van der Waals surface area contributed by atoms with Gasteiger partial charge in [0.05, 0.1) is 19.3 Å². The first-order chi connectivity index (χ1) is 15.4. The molecule has 1 saturated heterocycles. The Morgan fingerprint density at radius 1 is 0.969 bits per heavy atom. The van der Waals surface area contributed by atoms with Gasteiger partial charge in [0, 0.05) is 18.0 Å². The molecule has 170 valence electrons. The fourth-order valence-electron chi connectivity index (χ4n) is 4.58. The average molecular weight is 434 g/mol. The third kappa shape index (κ3) is 5.50. The predicted molar refractivity (Wildman–Crippen MR) is 130 cm³/mol. The Morgan fingerprint density at radius 2 is 1.72 bits per heavy atom. The molecule has 1 N–H and O–H groups in total. The third-order valence-electron chi connectivity index (χ3n) is 6.45. The number of fused-ring (bicyclic) bond motifs is 1. The molecule has 1 heterocycles. The summed E-state index contributed by atoms with van der Waals surface area (Å²) in [6.07, 6.45) is 1.19. The fourth-order valence-corrected chi connectivity index (χ4v) is 4.58. The number of hydrogen-bond donors (Lipinski definition) is 1. The van der Waals surface area contributed by atoms with Crippen molar-refractivity contribution in [2.75, 3.05) is 26.3 Å². The zero-order valence-electron chi connectivity index (χ0n) is 19.5. The molecule has 2 unspecified atom stereocenters. The summed E-state index contributed by atoms with van der Waals surface area (Å²) in [6.45, 7) is 9.78. The minimum atomic E-state index is 0.0255. The van der Waals surface area contributed by atoms with E-state index in [0.717, 1.165) is 25.3 Å². The first-order valence-electron chi connectivity index (χ1n) is 11.6. The maximum Gasteiger partial charge on any atom is 0.119 e. The third-order valence-corrected chi connectivity index (χ3v) is 6.45. The van der Waals surface area contributed by atoms with Crippen LogP contribution in [0.15, 0.2) is 66.7 Å². The highest BCUT2D eigenvalue weighted by Crippen LogP contribution is 2.34. The lowest BCUT2D eigenvalue weighted by molar-refractivity contribution is -0.0466. The molecule has 0 aromatic heterocycles. The highest BCUT2D eigenvalue weighted by atomic mass is 16.5. The molecule has 0 saturated carbocycles. The number of likely N-dealkylation sites (tertiary alicyclic amines) is 1. The van der Waals surface area contributed by atoms with Crippen molar-refractivity contribution in [3.63, 3.8) is 0 Å². The largest absolute Gasteiger partial charge is 0.491 e. The van der Waals surface area contributed by atoms with Crippen molar-refractivity contribution in [3.05, 3.63) is 77.9 Å². The second-order valence-electron chi connectivity index (χ2n) is 9.68. The second-order valence-corrected chi connectivity index (χ2v) is 9.68. The number of piperidine rings is 1. The predicted octanol–water partition coefficient (Wildman–Crippen LogP) is 5.38. The average Bonchev–Trinajstić information content (AvgIpc) is 2.81. The monoisotopic (exact) mass is 433 g/mol.